The number of nitro groups is 1. The molecule has 0 N–H and O–H groups in total. The average molecular weight is 284 g/mol. The third-order valence-corrected chi connectivity index (χ3v) is 2.78. The number of hydrogen-bond acceptors (Lipinski definition) is 6. The summed E-state index contributed by atoms with van der Waals surface area (Å²) >= 11 is 0. The molecule has 0 aliphatic rings. The molecule has 7 heteroatoms. The number of rotatable bonds is 3. The SMILES string of the molecule is O=c1cc(-c2ccc([N+](=O)[O-])cc2)nc(-c2ccco2)o1. The van der Waals surface area contributed by atoms with Gasteiger partial charge in [-0.25, -0.2) is 9.78 Å². The number of aromatic nitrogens is 1. The number of nitro benzene ring substituents is 1. The molecule has 21 heavy (non-hydrogen) atoms. The van der Waals surface area contributed by atoms with Crippen LogP contribution in [0.2, 0.25) is 0 Å². The van der Waals surface area contributed by atoms with Gasteiger partial charge in [-0.05, 0) is 24.3 Å². The molecule has 0 radical (unpaired) electrons. The van der Waals surface area contributed by atoms with Crippen molar-refractivity contribution in [1.29, 1.82) is 0 Å². The van der Waals surface area contributed by atoms with Gasteiger partial charge in [-0.1, -0.05) is 0 Å². The van der Waals surface area contributed by atoms with Crippen LogP contribution in [-0.4, -0.2) is 9.91 Å². The smallest absolute Gasteiger partial charge is 0.339 e. The third-order valence-electron chi connectivity index (χ3n) is 2.78. The van der Waals surface area contributed by atoms with Crippen molar-refractivity contribution in [3.8, 4) is 22.9 Å². The van der Waals surface area contributed by atoms with Gasteiger partial charge in [0.1, 0.15) is 0 Å². The van der Waals surface area contributed by atoms with Gasteiger partial charge >= 0.3 is 5.63 Å². The van der Waals surface area contributed by atoms with Crippen molar-refractivity contribution >= 4 is 5.69 Å². The van der Waals surface area contributed by atoms with Gasteiger partial charge in [-0.15, -0.1) is 0 Å². The third kappa shape index (κ3) is 2.57. The van der Waals surface area contributed by atoms with E-state index in [-0.39, 0.29) is 11.6 Å². The van der Waals surface area contributed by atoms with E-state index in [4.69, 9.17) is 8.83 Å². The monoisotopic (exact) mass is 284 g/mol. The van der Waals surface area contributed by atoms with Crippen LogP contribution in [0.3, 0.4) is 0 Å². The molecule has 0 amide bonds. The fourth-order valence-electron chi connectivity index (χ4n) is 1.81. The van der Waals surface area contributed by atoms with Gasteiger partial charge in [0.2, 0.25) is 0 Å². The van der Waals surface area contributed by atoms with Crippen molar-refractivity contribution in [2.75, 3.05) is 0 Å². The molecule has 0 unspecified atom stereocenters. The molecular formula is C14H8N2O5. The van der Waals surface area contributed by atoms with Gasteiger partial charge in [0, 0.05) is 17.7 Å². The van der Waals surface area contributed by atoms with Crippen molar-refractivity contribution < 1.29 is 13.8 Å². The highest BCUT2D eigenvalue weighted by molar-refractivity contribution is 5.62. The molecule has 2 aromatic heterocycles. The van der Waals surface area contributed by atoms with Crippen molar-refractivity contribution in [2.45, 2.75) is 0 Å². The highest BCUT2D eigenvalue weighted by Crippen LogP contribution is 2.23. The standard InChI is InChI=1S/C14H8N2O5/c17-13-8-11(9-3-5-10(6-4-9)16(18)19)15-14(21-13)12-2-1-7-20-12/h1-8H. The maximum atomic E-state index is 11.6. The van der Waals surface area contributed by atoms with Crippen molar-refractivity contribution in [1.82, 2.24) is 4.98 Å². The Morgan fingerprint density at radius 2 is 1.90 bits per heavy atom. The van der Waals surface area contributed by atoms with Gasteiger partial charge in [-0.3, -0.25) is 10.1 Å². The molecule has 0 saturated heterocycles. The number of hydrogen-bond donors (Lipinski definition) is 0. The Morgan fingerprint density at radius 1 is 1.14 bits per heavy atom. The summed E-state index contributed by atoms with van der Waals surface area (Å²) < 4.78 is 10.1. The second-order valence-electron chi connectivity index (χ2n) is 4.15. The first-order valence-electron chi connectivity index (χ1n) is 5.94. The minimum Gasteiger partial charge on any atom is -0.459 e. The Bertz CT molecular complexity index is 835. The van der Waals surface area contributed by atoms with Gasteiger partial charge in [0.15, 0.2) is 5.76 Å². The van der Waals surface area contributed by atoms with E-state index in [1.807, 2.05) is 0 Å². The Hall–Kier alpha value is -3.22. The molecule has 7 nitrogen and oxygen atoms in total. The molecule has 3 aromatic rings. The van der Waals surface area contributed by atoms with Crippen molar-refractivity contribution in [3.05, 3.63) is 69.3 Å². The predicted octanol–water partition coefficient (Wildman–Crippen LogP) is 2.87. The molecule has 0 saturated carbocycles. The molecule has 3 rings (SSSR count). The summed E-state index contributed by atoms with van der Waals surface area (Å²) in [5, 5.41) is 10.6. The van der Waals surface area contributed by atoms with Crippen LogP contribution in [0.25, 0.3) is 22.9 Å². The van der Waals surface area contributed by atoms with Crippen LogP contribution in [0, 0.1) is 10.1 Å². The fourth-order valence-corrected chi connectivity index (χ4v) is 1.81. The highest BCUT2D eigenvalue weighted by Gasteiger charge is 2.11. The van der Waals surface area contributed by atoms with Crippen LogP contribution >= 0.6 is 0 Å². The molecule has 0 atom stereocenters. The lowest BCUT2D eigenvalue weighted by Crippen LogP contribution is -2.01. The van der Waals surface area contributed by atoms with Gasteiger partial charge in [-0.2, -0.15) is 0 Å². The second kappa shape index (κ2) is 5.04. The molecule has 2 heterocycles. The first kappa shape index (κ1) is 12.8. The lowest BCUT2D eigenvalue weighted by atomic mass is 10.1. The zero-order valence-corrected chi connectivity index (χ0v) is 10.6. The molecule has 0 aliphatic carbocycles. The van der Waals surface area contributed by atoms with Crippen molar-refractivity contribution in [2.24, 2.45) is 0 Å². The van der Waals surface area contributed by atoms with E-state index in [0.29, 0.717) is 17.0 Å². The molecule has 0 aliphatic heterocycles. The maximum absolute atomic E-state index is 11.6. The van der Waals surface area contributed by atoms with Crippen LogP contribution in [-0.2, 0) is 0 Å². The van der Waals surface area contributed by atoms with Gasteiger partial charge < -0.3 is 8.83 Å². The molecule has 0 fully saturated rings. The quantitative estimate of drug-likeness (QED) is 0.541. The van der Waals surface area contributed by atoms with E-state index in [9.17, 15) is 14.9 Å². The Balaban J connectivity index is 2.06. The second-order valence-corrected chi connectivity index (χ2v) is 4.15. The van der Waals surface area contributed by atoms with Crippen molar-refractivity contribution in [3.63, 3.8) is 0 Å². The minimum absolute atomic E-state index is 0.0343. The van der Waals surface area contributed by atoms with E-state index in [2.05, 4.69) is 4.98 Å². The summed E-state index contributed by atoms with van der Waals surface area (Å²) in [5.41, 5.74) is 0.312. The van der Waals surface area contributed by atoms with E-state index in [1.54, 1.807) is 12.1 Å². The van der Waals surface area contributed by atoms with Crippen LogP contribution in [0.4, 0.5) is 5.69 Å². The van der Waals surface area contributed by atoms with Crippen LogP contribution in [0.5, 0.6) is 0 Å². The zero-order chi connectivity index (χ0) is 14.8. The molecule has 104 valence electrons. The first-order chi connectivity index (χ1) is 10.1. The Morgan fingerprint density at radius 3 is 2.52 bits per heavy atom. The van der Waals surface area contributed by atoms with E-state index >= 15 is 0 Å². The van der Waals surface area contributed by atoms with E-state index < -0.39 is 10.5 Å². The average Bonchev–Trinajstić information content (AvgIpc) is 3.01. The summed E-state index contributed by atoms with van der Waals surface area (Å²) in [7, 11) is 0. The largest absolute Gasteiger partial charge is 0.459 e. The van der Waals surface area contributed by atoms with Gasteiger partial charge in [0.25, 0.3) is 11.6 Å². The molecular weight excluding hydrogens is 276 g/mol. The number of nitrogens with zero attached hydrogens (tertiary/aromatic N) is 2. The highest BCUT2D eigenvalue weighted by atomic mass is 16.6. The number of non-ortho nitro benzene ring substituents is 1. The summed E-state index contributed by atoms with van der Waals surface area (Å²) in [6.45, 7) is 0. The molecule has 0 bridgehead atoms. The summed E-state index contributed by atoms with van der Waals surface area (Å²) in [4.78, 5) is 25.9. The fraction of sp³-hybridized carbons (Fsp3) is 0. The lowest BCUT2D eigenvalue weighted by molar-refractivity contribution is -0.384. The Kier molecular flexibility index (Phi) is 3.07. The van der Waals surface area contributed by atoms with Crippen LogP contribution in [0.1, 0.15) is 0 Å². The van der Waals surface area contributed by atoms with E-state index in [1.165, 1.54) is 36.6 Å². The van der Waals surface area contributed by atoms with Crippen LogP contribution in [0.15, 0.2) is 62.4 Å². The summed E-state index contributed by atoms with van der Waals surface area (Å²) in [5.74, 6) is 0.386. The topological polar surface area (TPSA) is 99.4 Å². The van der Waals surface area contributed by atoms with Gasteiger partial charge in [0.05, 0.1) is 22.9 Å². The maximum Gasteiger partial charge on any atom is 0.339 e. The summed E-state index contributed by atoms with van der Waals surface area (Å²) in [6.07, 6.45) is 1.44. The molecule has 0 spiro atoms. The molecule has 1 aromatic carbocycles. The van der Waals surface area contributed by atoms with E-state index in [0.717, 1.165) is 0 Å². The number of furan rings is 1. The lowest BCUT2D eigenvalue weighted by Gasteiger charge is -2.01. The summed E-state index contributed by atoms with van der Waals surface area (Å²) in [6, 6.07) is 10.2. The minimum atomic E-state index is -0.579. The van der Waals surface area contributed by atoms with Crippen LogP contribution < -0.4 is 5.63 Å². The predicted molar refractivity (Wildman–Crippen MR) is 72.6 cm³/mol. The Labute approximate surface area is 117 Å². The normalized spacial score (nSPS) is 10.5. The number of benzene rings is 1. The first-order valence-corrected chi connectivity index (χ1v) is 5.94. The zero-order valence-electron chi connectivity index (χ0n) is 10.6.